The molecule has 5 heteroatoms. The van der Waals surface area contributed by atoms with Gasteiger partial charge in [-0.25, -0.2) is 4.79 Å². The first-order valence-corrected chi connectivity index (χ1v) is 6.80. The zero-order valence-corrected chi connectivity index (χ0v) is 11.9. The molecule has 0 atom stereocenters. The smallest absolute Gasteiger partial charge is 0.428 e. The minimum absolute atomic E-state index is 0.304. The molecule has 0 N–H and O–H groups in total. The van der Waals surface area contributed by atoms with Crippen LogP contribution in [-0.4, -0.2) is 18.3 Å². The van der Waals surface area contributed by atoms with Gasteiger partial charge in [0.15, 0.2) is 0 Å². The SMILES string of the molecule is CC1(C)OB(c2ccc(=O)oc2C2CC2)OC1(C)C. The van der Waals surface area contributed by atoms with E-state index in [1.807, 2.05) is 27.7 Å². The largest absolute Gasteiger partial charge is 0.498 e. The van der Waals surface area contributed by atoms with Crippen molar-refractivity contribution in [1.82, 2.24) is 0 Å². The van der Waals surface area contributed by atoms with Crippen LogP contribution in [0.15, 0.2) is 21.3 Å². The number of rotatable bonds is 2. The van der Waals surface area contributed by atoms with Crippen molar-refractivity contribution in [3.8, 4) is 0 Å². The summed E-state index contributed by atoms with van der Waals surface area (Å²) in [4.78, 5) is 11.4. The molecule has 0 aromatic carbocycles. The standard InChI is InChI=1S/C14H19BO4/c1-13(2)14(3,4)19-15(18-13)10-7-8-11(16)17-12(10)9-5-6-9/h7-9H,5-6H2,1-4H3. The lowest BCUT2D eigenvalue weighted by Gasteiger charge is -2.32. The molecule has 1 aliphatic heterocycles. The van der Waals surface area contributed by atoms with Gasteiger partial charge in [0, 0.05) is 17.4 Å². The van der Waals surface area contributed by atoms with Crippen LogP contribution in [-0.2, 0) is 9.31 Å². The molecular weight excluding hydrogens is 243 g/mol. The van der Waals surface area contributed by atoms with E-state index in [0.29, 0.717) is 5.92 Å². The summed E-state index contributed by atoms with van der Waals surface area (Å²) in [5.41, 5.74) is -0.202. The van der Waals surface area contributed by atoms with Gasteiger partial charge < -0.3 is 13.7 Å². The van der Waals surface area contributed by atoms with E-state index in [4.69, 9.17) is 13.7 Å². The van der Waals surface area contributed by atoms with E-state index in [-0.39, 0.29) is 16.8 Å². The average molecular weight is 262 g/mol. The molecule has 0 unspecified atom stereocenters. The van der Waals surface area contributed by atoms with Crippen LogP contribution in [0.4, 0.5) is 0 Å². The zero-order chi connectivity index (χ0) is 13.8. The van der Waals surface area contributed by atoms with Crippen LogP contribution in [0.2, 0.25) is 0 Å². The Hall–Kier alpha value is -1.07. The Morgan fingerprint density at radius 1 is 1.11 bits per heavy atom. The van der Waals surface area contributed by atoms with Crippen molar-refractivity contribution in [3.63, 3.8) is 0 Å². The van der Waals surface area contributed by atoms with Crippen molar-refractivity contribution in [2.45, 2.75) is 57.7 Å². The van der Waals surface area contributed by atoms with Gasteiger partial charge in [-0.2, -0.15) is 0 Å². The predicted octanol–water partition coefficient (Wildman–Crippen LogP) is 1.82. The van der Waals surface area contributed by atoms with Gasteiger partial charge in [-0.1, -0.05) is 6.07 Å². The van der Waals surface area contributed by atoms with E-state index in [9.17, 15) is 4.79 Å². The van der Waals surface area contributed by atoms with E-state index in [2.05, 4.69) is 0 Å². The fourth-order valence-electron chi connectivity index (χ4n) is 2.27. The quantitative estimate of drug-likeness (QED) is 0.763. The molecule has 0 spiro atoms. The van der Waals surface area contributed by atoms with Crippen molar-refractivity contribution in [2.24, 2.45) is 0 Å². The second-order valence-corrected chi connectivity index (χ2v) is 6.44. The van der Waals surface area contributed by atoms with E-state index in [1.165, 1.54) is 6.07 Å². The third kappa shape index (κ3) is 2.15. The summed E-state index contributed by atoms with van der Waals surface area (Å²) in [6.45, 7) is 8.07. The Balaban J connectivity index is 1.98. The highest BCUT2D eigenvalue weighted by Gasteiger charge is 2.53. The topological polar surface area (TPSA) is 48.7 Å². The highest BCUT2D eigenvalue weighted by Crippen LogP contribution is 2.41. The van der Waals surface area contributed by atoms with E-state index in [0.717, 1.165) is 24.1 Å². The minimum Gasteiger partial charge on any atom is -0.428 e. The van der Waals surface area contributed by atoms with Gasteiger partial charge in [0.1, 0.15) is 5.76 Å². The van der Waals surface area contributed by atoms with Crippen molar-refractivity contribution < 1.29 is 13.7 Å². The van der Waals surface area contributed by atoms with Gasteiger partial charge in [0.2, 0.25) is 0 Å². The van der Waals surface area contributed by atoms with Gasteiger partial charge in [0.05, 0.1) is 11.2 Å². The van der Waals surface area contributed by atoms with Crippen LogP contribution >= 0.6 is 0 Å². The highest BCUT2D eigenvalue weighted by atomic mass is 16.7. The molecule has 0 bridgehead atoms. The fourth-order valence-corrected chi connectivity index (χ4v) is 2.27. The zero-order valence-electron chi connectivity index (χ0n) is 11.9. The predicted molar refractivity (Wildman–Crippen MR) is 72.7 cm³/mol. The first kappa shape index (κ1) is 12.9. The Labute approximate surface area is 113 Å². The normalized spacial score (nSPS) is 24.7. The summed E-state index contributed by atoms with van der Waals surface area (Å²) in [6.07, 6.45) is 2.14. The summed E-state index contributed by atoms with van der Waals surface area (Å²) >= 11 is 0. The summed E-state index contributed by atoms with van der Waals surface area (Å²) < 4.78 is 17.4. The van der Waals surface area contributed by atoms with E-state index >= 15 is 0 Å². The number of hydrogen-bond donors (Lipinski definition) is 0. The van der Waals surface area contributed by atoms with Crippen LogP contribution < -0.4 is 11.1 Å². The lowest BCUT2D eigenvalue weighted by molar-refractivity contribution is 0.00578. The molecule has 4 nitrogen and oxygen atoms in total. The Morgan fingerprint density at radius 2 is 1.68 bits per heavy atom. The van der Waals surface area contributed by atoms with Crippen LogP contribution in [0.25, 0.3) is 0 Å². The summed E-state index contributed by atoms with van der Waals surface area (Å²) in [7, 11) is -0.454. The molecule has 2 heterocycles. The summed E-state index contributed by atoms with van der Waals surface area (Å²) in [5, 5.41) is 0. The van der Waals surface area contributed by atoms with Gasteiger partial charge in [0.25, 0.3) is 0 Å². The molecule has 3 rings (SSSR count). The Morgan fingerprint density at radius 3 is 2.21 bits per heavy atom. The average Bonchev–Trinajstić information content (AvgIpc) is 3.07. The maximum atomic E-state index is 11.4. The van der Waals surface area contributed by atoms with Crippen molar-refractivity contribution in [3.05, 3.63) is 28.3 Å². The van der Waals surface area contributed by atoms with Crippen molar-refractivity contribution in [1.29, 1.82) is 0 Å². The van der Waals surface area contributed by atoms with Crippen LogP contribution in [0.1, 0.15) is 52.2 Å². The third-order valence-corrected chi connectivity index (χ3v) is 4.35. The van der Waals surface area contributed by atoms with Gasteiger partial charge >= 0.3 is 12.7 Å². The maximum Gasteiger partial charge on any atom is 0.498 e. The molecule has 1 saturated carbocycles. The Bertz CT molecular complexity index is 541. The molecule has 1 saturated heterocycles. The minimum atomic E-state index is -0.454. The molecule has 102 valence electrons. The molecule has 1 aromatic heterocycles. The van der Waals surface area contributed by atoms with Crippen LogP contribution in [0, 0.1) is 0 Å². The molecule has 1 aromatic rings. The summed E-state index contributed by atoms with van der Waals surface area (Å²) in [6, 6.07) is 3.22. The van der Waals surface area contributed by atoms with Gasteiger partial charge in [-0.15, -0.1) is 0 Å². The molecular formula is C14H19BO4. The van der Waals surface area contributed by atoms with Crippen molar-refractivity contribution in [2.75, 3.05) is 0 Å². The van der Waals surface area contributed by atoms with Gasteiger partial charge in [-0.05, 0) is 40.5 Å². The number of hydrogen-bond acceptors (Lipinski definition) is 4. The fraction of sp³-hybridized carbons (Fsp3) is 0.643. The third-order valence-electron chi connectivity index (χ3n) is 4.35. The van der Waals surface area contributed by atoms with Crippen LogP contribution in [0.3, 0.4) is 0 Å². The first-order valence-electron chi connectivity index (χ1n) is 6.80. The van der Waals surface area contributed by atoms with Crippen LogP contribution in [0.5, 0.6) is 0 Å². The maximum absolute atomic E-state index is 11.4. The van der Waals surface area contributed by atoms with Crippen molar-refractivity contribution >= 4 is 12.6 Å². The molecule has 19 heavy (non-hydrogen) atoms. The lowest BCUT2D eigenvalue weighted by Crippen LogP contribution is -2.41. The lowest BCUT2D eigenvalue weighted by atomic mass is 9.77. The molecule has 2 fully saturated rings. The van der Waals surface area contributed by atoms with Gasteiger partial charge in [-0.3, -0.25) is 0 Å². The summed E-state index contributed by atoms with van der Waals surface area (Å²) in [5.74, 6) is 1.09. The second kappa shape index (κ2) is 3.96. The van der Waals surface area contributed by atoms with E-state index < -0.39 is 7.12 Å². The molecule has 0 radical (unpaired) electrons. The highest BCUT2D eigenvalue weighted by molar-refractivity contribution is 6.62. The Kier molecular flexibility index (Phi) is 2.70. The second-order valence-electron chi connectivity index (χ2n) is 6.44. The monoisotopic (exact) mass is 262 g/mol. The molecule has 2 aliphatic rings. The first-order chi connectivity index (χ1) is 8.80. The molecule has 0 amide bonds. The molecule has 1 aliphatic carbocycles. The van der Waals surface area contributed by atoms with E-state index in [1.54, 1.807) is 6.07 Å².